The van der Waals surface area contributed by atoms with Gasteiger partial charge in [0.2, 0.25) is 5.78 Å². The highest BCUT2D eigenvalue weighted by Gasteiger charge is 2.34. The van der Waals surface area contributed by atoms with E-state index in [-0.39, 0.29) is 5.78 Å². The fraction of sp³-hybridized carbons (Fsp3) is 0.233. The van der Waals surface area contributed by atoms with Crippen molar-refractivity contribution in [3.8, 4) is 23.0 Å². The molecule has 2 aliphatic heterocycles. The average molecular weight is 497 g/mol. The summed E-state index contributed by atoms with van der Waals surface area (Å²) in [6.07, 6.45) is 3.88. The van der Waals surface area contributed by atoms with Crippen molar-refractivity contribution in [2.24, 2.45) is 0 Å². The number of ether oxygens (including phenoxy) is 4. The van der Waals surface area contributed by atoms with Crippen molar-refractivity contribution in [2.75, 3.05) is 21.0 Å². The second-order valence-electron chi connectivity index (χ2n) is 9.18. The summed E-state index contributed by atoms with van der Waals surface area (Å²) in [5.74, 6) is 3.12. The lowest BCUT2D eigenvalue weighted by molar-refractivity contribution is 0.0865. The minimum atomic E-state index is -0.125. The Balaban J connectivity index is 1.33. The Labute approximate surface area is 215 Å². The zero-order valence-corrected chi connectivity index (χ0v) is 21.1. The smallest absolute Gasteiger partial charge is 0.231 e. The lowest BCUT2D eigenvalue weighted by Crippen LogP contribution is -2.31. The first-order valence-corrected chi connectivity index (χ1v) is 12.3. The van der Waals surface area contributed by atoms with Gasteiger partial charge in [-0.3, -0.25) is 9.69 Å². The van der Waals surface area contributed by atoms with Gasteiger partial charge in [-0.2, -0.15) is 0 Å². The fourth-order valence-electron chi connectivity index (χ4n) is 5.13. The maximum Gasteiger partial charge on any atom is 0.231 e. The summed E-state index contributed by atoms with van der Waals surface area (Å²) < 4.78 is 25.4. The number of para-hydroxylation sites is 1. The molecule has 1 aromatic heterocycles. The van der Waals surface area contributed by atoms with E-state index in [9.17, 15) is 4.79 Å². The second kappa shape index (κ2) is 9.33. The van der Waals surface area contributed by atoms with Gasteiger partial charge in [0.25, 0.3) is 0 Å². The summed E-state index contributed by atoms with van der Waals surface area (Å²) in [5.41, 5.74) is 4.51. The van der Waals surface area contributed by atoms with E-state index in [4.69, 9.17) is 18.9 Å². The summed E-state index contributed by atoms with van der Waals surface area (Å²) in [6, 6.07) is 17.6. The van der Waals surface area contributed by atoms with Crippen LogP contribution < -0.4 is 18.9 Å². The molecule has 7 nitrogen and oxygen atoms in total. The normalized spacial score (nSPS) is 15.9. The molecule has 3 aromatic carbocycles. The maximum absolute atomic E-state index is 13.4. The van der Waals surface area contributed by atoms with Crippen LogP contribution in [0.15, 0.2) is 66.6 Å². The van der Waals surface area contributed by atoms with E-state index < -0.39 is 0 Å². The fourth-order valence-corrected chi connectivity index (χ4v) is 5.13. The molecule has 0 atom stereocenters. The van der Waals surface area contributed by atoms with Crippen LogP contribution in [0.2, 0.25) is 0 Å². The highest BCUT2D eigenvalue weighted by atomic mass is 16.5. The number of methoxy groups -OCH3 is 2. The molecular formula is C30H28N2O5. The quantitative estimate of drug-likeness (QED) is 0.322. The molecule has 0 bridgehead atoms. The Morgan fingerprint density at radius 1 is 1.05 bits per heavy atom. The SMILES string of the molecule is CCn1cc(/C=C2\Oc3c(ccc4c3CN(Cc3ccccc3OC)CO4)C2=O)c2cc(OC)ccc21. The lowest BCUT2D eigenvalue weighted by atomic mass is 10.0. The van der Waals surface area contributed by atoms with E-state index in [1.54, 1.807) is 20.3 Å². The average Bonchev–Trinajstić information content (AvgIpc) is 3.45. The van der Waals surface area contributed by atoms with E-state index >= 15 is 0 Å². The van der Waals surface area contributed by atoms with Crippen molar-refractivity contribution in [1.29, 1.82) is 0 Å². The Kier molecular flexibility index (Phi) is 5.85. The van der Waals surface area contributed by atoms with Crippen molar-refractivity contribution in [2.45, 2.75) is 26.6 Å². The molecule has 0 saturated carbocycles. The predicted octanol–water partition coefficient (Wildman–Crippen LogP) is 5.65. The molecule has 0 radical (unpaired) electrons. The van der Waals surface area contributed by atoms with Gasteiger partial charge in [-0.1, -0.05) is 18.2 Å². The third-order valence-corrected chi connectivity index (χ3v) is 7.02. The molecule has 0 amide bonds. The molecule has 0 fully saturated rings. The van der Waals surface area contributed by atoms with Gasteiger partial charge in [0.1, 0.15) is 29.7 Å². The molecule has 37 heavy (non-hydrogen) atoms. The van der Waals surface area contributed by atoms with E-state index in [0.29, 0.717) is 36.9 Å². The van der Waals surface area contributed by atoms with Gasteiger partial charge in [-0.05, 0) is 49.4 Å². The predicted molar refractivity (Wildman–Crippen MR) is 141 cm³/mol. The van der Waals surface area contributed by atoms with Crippen molar-refractivity contribution in [3.63, 3.8) is 0 Å². The van der Waals surface area contributed by atoms with Crippen molar-refractivity contribution in [1.82, 2.24) is 9.47 Å². The van der Waals surface area contributed by atoms with E-state index in [2.05, 4.69) is 16.4 Å². The first-order chi connectivity index (χ1) is 18.1. The molecule has 2 aliphatic rings. The van der Waals surface area contributed by atoms with E-state index in [0.717, 1.165) is 51.4 Å². The Morgan fingerprint density at radius 2 is 1.92 bits per heavy atom. The zero-order valence-electron chi connectivity index (χ0n) is 21.1. The van der Waals surface area contributed by atoms with Gasteiger partial charge >= 0.3 is 0 Å². The summed E-state index contributed by atoms with van der Waals surface area (Å²) in [6.45, 7) is 4.61. The van der Waals surface area contributed by atoms with Crippen LogP contribution in [0.5, 0.6) is 23.0 Å². The van der Waals surface area contributed by atoms with Crippen LogP contribution in [0.4, 0.5) is 0 Å². The number of carbonyl (C=O) groups excluding carboxylic acids is 1. The highest BCUT2D eigenvalue weighted by molar-refractivity contribution is 6.15. The number of ketones is 1. The Hall–Kier alpha value is -4.23. The summed E-state index contributed by atoms with van der Waals surface area (Å²) >= 11 is 0. The van der Waals surface area contributed by atoms with Crippen LogP contribution in [0, 0.1) is 0 Å². The molecule has 6 rings (SSSR count). The van der Waals surface area contributed by atoms with Gasteiger partial charge in [-0.25, -0.2) is 0 Å². The molecule has 0 spiro atoms. The molecule has 188 valence electrons. The van der Waals surface area contributed by atoms with Crippen molar-refractivity contribution in [3.05, 3.63) is 88.8 Å². The number of benzene rings is 3. The van der Waals surface area contributed by atoms with Crippen molar-refractivity contribution >= 4 is 22.8 Å². The van der Waals surface area contributed by atoms with Crippen LogP contribution in [0.3, 0.4) is 0 Å². The van der Waals surface area contributed by atoms with Gasteiger partial charge in [0.05, 0.1) is 25.3 Å². The van der Waals surface area contributed by atoms with Crippen molar-refractivity contribution < 1.29 is 23.7 Å². The Morgan fingerprint density at radius 3 is 2.73 bits per heavy atom. The number of fused-ring (bicyclic) bond motifs is 4. The van der Waals surface area contributed by atoms with Gasteiger partial charge in [0, 0.05) is 47.9 Å². The molecule has 0 N–H and O–H groups in total. The number of Topliss-reactive ketones (excluding diaryl/α,β-unsaturated/α-hetero) is 1. The number of aromatic nitrogens is 1. The van der Waals surface area contributed by atoms with Crippen LogP contribution in [-0.2, 0) is 19.6 Å². The highest BCUT2D eigenvalue weighted by Crippen LogP contribution is 2.43. The molecule has 0 saturated heterocycles. The molecular weight excluding hydrogens is 468 g/mol. The lowest BCUT2D eigenvalue weighted by Gasteiger charge is -2.30. The zero-order chi connectivity index (χ0) is 25.5. The number of allylic oxidation sites excluding steroid dienone is 1. The maximum atomic E-state index is 13.4. The summed E-state index contributed by atoms with van der Waals surface area (Å²) in [7, 11) is 3.33. The van der Waals surface area contributed by atoms with Gasteiger partial charge in [0.15, 0.2) is 5.76 Å². The first-order valence-electron chi connectivity index (χ1n) is 12.3. The number of hydrogen-bond acceptors (Lipinski definition) is 6. The minimum absolute atomic E-state index is 0.125. The summed E-state index contributed by atoms with van der Waals surface area (Å²) in [4.78, 5) is 15.5. The first kappa shape index (κ1) is 23.2. The minimum Gasteiger partial charge on any atom is -0.497 e. The molecule has 3 heterocycles. The van der Waals surface area contributed by atoms with Crippen LogP contribution in [-0.4, -0.2) is 36.2 Å². The molecule has 0 unspecified atom stereocenters. The molecule has 7 heteroatoms. The molecule has 4 aromatic rings. The van der Waals surface area contributed by atoms with Crippen LogP contribution in [0.1, 0.15) is 34.0 Å². The largest absolute Gasteiger partial charge is 0.497 e. The third kappa shape index (κ3) is 4.01. The second-order valence-corrected chi connectivity index (χ2v) is 9.18. The molecule has 0 aliphatic carbocycles. The topological polar surface area (TPSA) is 62.2 Å². The number of rotatable bonds is 6. The number of carbonyl (C=O) groups is 1. The third-order valence-electron chi connectivity index (χ3n) is 7.02. The summed E-state index contributed by atoms with van der Waals surface area (Å²) in [5, 5.41) is 1.01. The Bertz CT molecular complexity index is 1550. The number of aryl methyl sites for hydroxylation is 1. The number of hydrogen-bond donors (Lipinski definition) is 0. The van der Waals surface area contributed by atoms with Crippen LogP contribution in [0.25, 0.3) is 17.0 Å². The standard InChI is InChI=1S/C30H28N2O5/c1-4-32-16-20(23-14-21(34-2)9-11-25(23)32)13-28-29(33)22-10-12-27-24(30(22)37-28)17-31(18-36-27)15-19-7-5-6-8-26(19)35-3/h5-14,16H,4,15,17-18H2,1-3H3/b28-13-. The van der Waals surface area contributed by atoms with Gasteiger partial charge in [-0.15, -0.1) is 0 Å². The van der Waals surface area contributed by atoms with Gasteiger partial charge < -0.3 is 23.5 Å². The van der Waals surface area contributed by atoms with Crippen LogP contribution >= 0.6 is 0 Å². The van der Waals surface area contributed by atoms with E-state index in [1.165, 1.54) is 0 Å². The monoisotopic (exact) mass is 496 g/mol. The number of nitrogens with zero attached hydrogens (tertiary/aromatic N) is 2. The van der Waals surface area contributed by atoms with E-state index in [1.807, 2.05) is 60.8 Å².